The van der Waals surface area contributed by atoms with Gasteiger partial charge in [0.05, 0.1) is 0 Å². The number of rotatable bonds is 17. The maximum Gasteiger partial charge on any atom is 1.00 e. The van der Waals surface area contributed by atoms with Crippen LogP contribution < -0.4 is 34.7 Å². The van der Waals surface area contributed by atoms with Gasteiger partial charge in [0, 0.05) is 12.4 Å². The molecule has 0 spiro atoms. The predicted molar refractivity (Wildman–Crippen MR) is 98.1 cm³/mol. The molecule has 2 atom stereocenters. The number of unbranched alkanes of at least 4 members (excludes halogenated alkanes) is 9. The van der Waals surface area contributed by atoms with E-state index >= 15 is 0 Å². The van der Waals surface area contributed by atoms with Crippen LogP contribution in [0, 0.1) is 0 Å². The van der Waals surface area contributed by atoms with E-state index in [1.807, 2.05) is 0 Å². The second kappa shape index (κ2) is 17.7. The smallest absolute Gasteiger partial charge is 0.550 e. The summed E-state index contributed by atoms with van der Waals surface area (Å²) in [5.41, 5.74) is 0. The quantitative estimate of drug-likeness (QED) is 0.108. The molecule has 0 aliphatic rings. The van der Waals surface area contributed by atoms with E-state index in [9.17, 15) is 23.1 Å². The van der Waals surface area contributed by atoms with Crippen LogP contribution in [0.4, 0.5) is 0 Å². The van der Waals surface area contributed by atoms with Crippen LogP contribution in [0.5, 0.6) is 0 Å². The fourth-order valence-corrected chi connectivity index (χ4v) is 3.24. The number of hydrogen-bond acceptors (Lipinski definition) is 7. The van der Waals surface area contributed by atoms with Crippen LogP contribution in [0.3, 0.4) is 0 Å². The van der Waals surface area contributed by atoms with Gasteiger partial charge in [-0.2, -0.15) is 13.3 Å². The standard InChI is InChI=1S/C18H34O8S.Na/c1-3-4-5-6-7-8-9-10-11-12-13-15(2)25-26-18(21)16(14-17(19)20)27(22,23)24;/h15-16H,3-14H2,1-2H3,(H,19,20)(H,22,23,24);/q;+1/p-1. The normalized spacial score (nSPS) is 13.4. The van der Waals surface area contributed by atoms with Crippen LogP contribution >= 0.6 is 0 Å². The van der Waals surface area contributed by atoms with Crippen molar-refractivity contribution in [3.8, 4) is 0 Å². The van der Waals surface area contributed by atoms with E-state index in [2.05, 4.69) is 11.8 Å². The summed E-state index contributed by atoms with van der Waals surface area (Å²) in [7, 11) is -4.92. The van der Waals surface area contributed by atoms with Crippen molar-refractivity contribution in [3.63, 3.8) is 0 Å². The van der Waals surface area contributed by atoms with Gasteiger partial charge in [0.15, 0.2) is 5.25 Å². The minimum absolute atomic E-state index is 0. The second-order valence-electron chi connectivity index (χ2n) is 6.86. The van der Waals surface area contributed by atoms with Crippen LogP contribution in [-0.4, -0.2) is 36.3 Å². The fourth-order valence-electron chi connectivity index (χ4n) is 2.61. The molecular formula is C18H33NaO8S. The molecule has 28 heavy (non-hydrogen) atoms. The number of hydrogen-bond donors (Lipinski definition) is 1. The summed E-state index contributed by atoms with van der Waals surface area (Å²) >= 11 is 0. The van der Waals surface area contributed by atoms with Gasteiger partial charge >= 0.3 is 35.5 Å². The molecule has 2 unspecified atom stereocenters. The van der Waals surface area contributed by atoms with Gasteiger partial charge in [-0.3, -0.25) is 9.44 Å². The molecule has 0 radical (unpaired) electrons. The van der Waals surface area contributed by atoms with Crippen LogP contribution in [0.2, 0.25) is 0 Å². The van der Waals surface area contributed by atoms with Gasteiger partial charge in [0.1, 0.15) is 6.10 Å². The molecule has 0 aliphatic carbocycles. The molecular weight excluding hydrogens is 399 g/mol. The van der Waals surface area contributed by atoms with Gasteiger partial charge < -0.3 is 9.90 Å². The van der Waals surface area contributed by atoms with E-state index in [4.69, 9.17) is 9.44 Å². The Kier molecular flexibility index (Phi) is 18.9. The molecule has 0 aromatic rings. The molecule has 0 bridgehead atoms. The zero-order valence-electron chi connectivity index (χ0n) is 17.4. The molecule has 0 saturated carbocycles. The zero-order valence-corrected chi connectivity index (χ0v) is 20.2. The van der Waals surface area contributed by atoms with Crippen molar-refractivity contribution in [2.24, 2.45) is 0 Å². The van der Waals surface area contributed by atoms with Crippen molar-refractivity contribution in [1.29, 1.82) is 0 Å². The summed E-state index contributed by atoms with van der Waals surface area (Å²) < 4.78 is 31.0. The first-order valence-electron chi connectivity index (χ1n) is 9.71. The summed E-state index contributed by atoms with van der Waals surface area (Å²) in [6.07, 6.45) is 10.8. The Labute approximate surface area is 190 Å². The molecule has 160 valence electrons. The van der Waals surface area contributed by atoms with Crippen LogP contribution in [0.15, 0.2) is 0 Å². The molecule has 0 aliphatic heterocycles. The minimum Gasteiger partial charge on any atom is -0.550 e. The Morgan fingerprint density at radius 3 is 1.86 bits per heavy atom. The summed E-state index contributed by atoms with van der Waals surface area (Å²) in [6.45, 7) is 3.86. The van der Waals surface area contributed by atoms with Crippen molar-refractivity contribution in [2.75, 3.05) is 0 Å². The molecule has 0 rings (SSSR count). The minimum atomic E-state index is -4.92. The van der Waals surface area contributed by atoms with Crippen molar-refractivity contribution in [3.05, 3.63) is 0 Å². The molecule has 0 amide bonds. The van der Waals surface area contributed by atoms with Gasteiger partial charge in [-0.25, -0.2) is 4.79 Å². The molecule has 0 fully saturated rings. The third-order valence-electron chi connectivity index (χ3n) is 4.23. The topological polar surface area (TPSA) is 130 Å². The molecule has 8 nitrogen and oxygen atoms in total. The van der Waals surface area contributed by atoms with Gasteiger partial charge in [-0.1, -0.05) is 71.1 Å². The monoisotopic (exact) mass is 432 g/mol. The van der Waals surface area contributed by atoms with Crippen LogP contribution in [0.1, 0.15) is 90.9 Å². The Morgan fingerprint density at radius 1 is 0.964 bits per heavy atom. The van der Waals surface area contributed by atoms with E-state index < -0.39 is 39.8 Å². The maximum absolute atomic E-state index is 11.6. The van der Waals surface area contributed by atoms with Crippen LogP contribution in [0.25, 0.3) is 0 Å². The third-order valence-corrected chi connectivity index (χ3v) is 5.31. The van der Waals surface area contributed by atoms with Gasteiger partial charge in [0.25, 0.3) is 10.1 Å². The molecule has 1 N–H and O–H groups in total. The third kappa shape index (κ3) is 16.7. The molecule has 0 saturated heterocycles. The van der Waals surface area contributed by atoms with Crippen LogP contribution in [-0.2, 0) is 29.5 Å². The second-order valence-corrected chi connectivity index (χ2v) is 8.46. The van der Waals surface area contributed by atoms with Crippen molar-refractivity contribution in [2.45, 2.75) is 102 Å². The first-order chi connectivity index (χ1) is 12.7. The van der Waals surface area contributed by atoms with Crippen molar-refractivity contribution in [1.82, 2.24) is 0 Å². The largest absolute Gasteiger partial charge is 1.00 e. The van der Waals surface area contributed by atoms with Gasteiger partial charge in [0.2, 0.25) is 0 Å². The summed E-state index contributed by atoms with van der Waals surface area (Å²) in [6, 6.07) is 0. The van der Waals surface area contributed by atoms with E-state index in [0.717, 1.165) is 19.3 Å². The average Bonchev–Trinajstić information content (AvgIpc) is 2.58. The van der Waals surface area contributed by atoms with E-state index in [-0.39, 0.29) is 29.6 Å². The fraction of sp³-hybridized carbons (Fsp3) is 0.889. The number of carbonyl (C=O) groups excluding carboxylic acids is 2. The molecule has 0 heterocycles. The first kappa shape index (κ1) is 30.0. The predicted octanol–water partition coefficient (Wildman–Crippen LogP) is -0.439. The Morgan fingerprint density at radius 2 is 1.43 bits per heavy atom. The van der Waals surface area contributed by atoms with Gasteiger partial charge in [-0.15, -0.1) is 0 Å². The number of carboxylic acid groups (broad SMARTS) is 1. The number of aliphatic carboxylic acids is 1. The molecule has 0 aromatic carbocycles. The Hall–Kier alpha value is -0.190. The van der Waals surface area contributed by atoms with E-state index in [0.29, 0.717) is 6.42 Å². The van der Waals surface area contributed by atoms with E-state index in [1.54, 1.807) is 6.92 Å². The molecule has 10 heteroatoms. The maximum atomic E-state index is 11.6. The van der Waals surface area contributed by atoms with E-state index in [1.165, 1.54) is 44.9 Å². The Balaban J connectivity index is 0. The Bertz CT molecular complexity index is 524. The van der Waals surface area contributed by atoms with Gasteiger partial charge in [-0.05, 0) is 13.3 Å². The number of carboxylic acids is 1. The first-order valence-corrected chi connectivity index (χ1v) is 11.2. The van der Waals surface area contributed by atoms with Crippen molar-refractivity contribution < 1.29 is 67.0 Å². The summed E-state index contributed by atoms with van der Waals surface area (Å²) in [5.74, 6) is -3.27. The SMILES string of the molecule is CCCCCCCCCCCCC(C)OOC(=O)C(CC(=O)[O-])S(=O)(=O)O.[Na+]. The number of carbonyl (C=O) groups is 2. The van der Waals surface area contributed by atoms with Crippen molar-refractivity contribution >= 4 is 22.1 Å². The molecule has 0 aromatic heterocycles. The average molecular weight is 433 g/mol. The summed E-state index contributed by atoms with van der Waals surface area (Å²) in [4.78, 5) is 31.2. The zero-order chi connectivity index (χ0) is 20.7. The summed E-state index contributed by atoms with van der Waals surface area (Å²) in [5, 5.41) is 8.22.